The number of amides is 1. The van der Waals surface area contributed by atoms with Crippen LogP contribution in [0.2, 0.25) is 10.0 Å². The number of likely N-dealkylation sites (tertiary alicyclic amines) is 1. The standard InChI is InChI=1S/C17H19Cl2N5O/c18-12-2-1-3-13(19)15(12)17(25)23-7-4-11(5-8-23)16-22-21-14-10-20-6-9-24(14)16/h1-3,11,20H,4-10H2. The van der Waals surface area contributed by atoms with Crippen molar-refractivity contribution < 1.29 is 4.79 Å². The Morgan fingerprint density at radius 2 is 1.84 bits per heavy atom. The Bertz CT molecular complexity index is 778. The van der Waals surface area contributed by atoms with Gasteiger partial charge in [0, 0.05) is 32.1 Å². The fourth-order valence-electron chi connectivity index (χ4n) is 3.62. The maximum atomic E-state index is 12.8. The molecule has 132 valence electrons. The van der Waals surface area contributed by atoms with Gasteiger partial charge in [0.05, 0.1) is 22.2 Å². The summed E-state index contributed by atoms with van der Waals surface area (Å²) in [6, 6.07) is 5.14. The fraction of sp³-hybridized carbons (Fsp3) is 0.471. The number of piperidine rings is 1. The molecule has 0 bridgehead atoms. The topological polar surface area (TPSA) is 63.1 Å². The van der Waals surface area contributed by atoms with E-state index in [0.717, 1.165) is 44.1 Å². The van der Waals surface area contributed by atoms with Crippen LogP contribution in [0.3, 0.4) is 0 Å². The third-order valence-corrected chi connectivity index (χ3v) is 5.61. The molecule has 0 aliphatic carbocycles. The van der Waals surface area contributed by atoms with Gasteiger partial charge in [-0.3, -0.25) is 4.79 Å². The fourth-order valence-corrected chi connectivity index (χ4v) is 4.18. The number of hydrogen-bond acceptors (Lipinski definition) is 4. The number of aromatic nitrogens is 3. The summed E-state index contributed by atoms with van der Waals surface area (Å²) in [6.07, 6.45) is 1.75. The van der Waals surface area contributed by atoms with Crippen molar-refractivity contribution in [3.8, 4) is 0 Å². The second-order valence-corrected chi connectivity index (χ2v) is 7.28. The van der Waals surface area contributed by atoms with Gasteiger partial charge in [0.2, 0.25) is 0 Å². The molecule has 1 fully saturated rings. The summed E-state index contributed by atoms with van der Waals surface area (Å²) in [4.78, 5) is 14.6. The van der Waals surface area contributed by atoms with E-state index >= 15 is 0 Å². The van der Waals surface area contributed by atoms with Gasteiger partial charge >= 0.3 is 0 Å². The van der Waals surface area contributed by atoms with Crippen LogP contribution >= 0.6 is 23.2 Å². The number of halogens is 2. The summed E-state index contributed by atoms with van der Waals surface area (Å²) in [5, 5.41) is 12.8. The van der Waals surface area contributed by atoms with Gasteiger partial charge in [-0.25, -0.2) is 0 Å². The van der Waals surface area contributed by atoms with Crippen LogP contribution in [0.25, 0.3) is 0 Å². The van der Waals surface area contributed by atoms with E-state index in [1.165, 1.54) is 0 Å². The van der Waals surface area contributed by atoms with E-state index in [9.17, 15) is 4.79 Å². The first-order chi connectivity index (χ1) is 12.1. The van der Waals surface area contributed by atoms with Crippen molar-refractivity contribution in [3.63, 3.8) is 0 Å². The molecule has 1 amide bonds. The Labute approximate surface area is 156 Å². The van der Waals surface area contributed by atoms with Gasteiger partial charge in [-0.15, -0.1) is 10.2 Å². The average molecular weight is 380 g/mol. The number of carbonyl (C=O) groups excluding carboxylic acids is 1. The highest BCUT2D eigenvalue weighted by Crippen LogP contribution is 2.31. The smallest absolute Gasteiger partial charge is 0.256 e. The molecule has 2 aromatic rings. The number of nitrogens with one attached hydrogen (secondary N) is 1. The van der Waals surface area contributed by atoms with Crippen LogP contribution in [0, 0.1) is 0 Å². The lowest BCUT2D eigenvalue weighted by molar-refractivity contribution is 0.0710. The molecule has 3 heterocycles. The Hall–Kier alpha value is -1.63. The molecular formula is C17H19Cl2N5O. The summed E-state index contributed by atoms with van der Waals surface area (Å²) in [5.74, 6) is 2.30. The second kappa shape index (κ2) is 6.94. The SMILES string of the molecule is O=C(c1c(Cl)cccc1Cl)N1CCC(c2nnc3n2CCNC3)CC1. The largest absolute Gasteiger partial charge is 0.339 e. The van der Waals surface area contributed by atoms with Crippen LogP contribution in [0.5, 0.6) is 0 Å². The Morgan fingerprint density at radius 1 is 1.12 bits per heavy atom. The molecule has 2 aliphatic rings. The second-order valence-electron chi connectivity index (χ2n) is 6.47. The van der Waals surface area contributed by atoms with E-state index < -0.39 is 0 Å². The van der Waals surface area contributed by atoms with Crippen molar-refractivity contribution in [2.24, 2.45) is 0 Å². The van der Waals surface area contributed by atoms with Crippen LogP contribution < -0.4 is 5.32 Å². The molecule has 0 radical (unpaired) electrons. The molecule has 2 aliphatic heterocycles. The number of benzene rings is 1. The Kier molecular flexibility index (Phi) is 4.67. The first-order valence-electron chi connectivity index (χ1n) is 8.51. The van der Waals surface area contributed by atoms with Crippen LogP contribution in [-0.4, -0.2) is 45.2 Å². The molecule has 0 spiro atoms. The highest BCUT2D eigenvalue weighted by molar-refractivity contribution is 6.39. The third kappa shape index (κ3) is 3.14. The zero-order valence-electron chi connectivity index (χ0n) is 13.7. The number of rotatable bonds is 2. The van der Waals surface area contributed by atoms with Crippen molar-refractivity contribution in [2.75, 3.05) is 19.6 Å². The van der Waals surface area contributed by atoms with Crippen molar-refractivity contribution in [1.82, 2.24) is 25.0 Å². The van der Waals surface area contributed by atoms with Crippen molar-refractivity contribution in [2.45, 2.75) is 31.8 Å². The third-order valence-electron chi connectivity index (χ3n) is 4.98. The van der Waals surface area contributed by atoms with Crippen LogP contribution in [0.1, 0.15) is 40.8 Å². The first-order valence-corrected chi connectivity index (χ1v) is 9.26. The number of carbonyl (C=O) groups is 1. The molecule has 0 atom stereocenters. The molecular weight excluding hydrogens is 361 g/mol. The monoisotopic (exact) mass is 379 g/mol. The molecule has 4 rings (SSSR count). The summed E-state index contributed by atoms with van der Waals surface area (Å²) >= 11 is 12.3. The van der Waals surface area contributed by atoms with E-state index in [1.807, 2.05) is 4.90 Å². The predicted molar refractivity (Wildman–Crippen MR) is 96.1 cm³/mol. The lowest BCUT2D eigenvalue weighted by Gasteiger charge is -2.32. The minimum Gasteiger partial charge on any atom is -0.339 e. The summed E-state index contributed by atoms with van der Waals surface area (Å²) in [6.45, 7) is 3.97. The number of hydrogen-bond donors (Lipinski definition) is 1. The minimum atomic E-state index is -0.0958. The lowest BCUT2D eigenvalue weighted by atomic mass is 9.95. The van der Waals surface area contributed by atoms with Gasteiger partial charge in [-0.2, -0.15) is 0 Å². The van der Waals surface area contributed by atoms with Crippen LogP contribution in [0.15, 0.2) is 18.2 Å². The zero-order chi connectivity index (χ0) is 17.4. The van der Waals surface area contributed by atoms with Gasteiger partial charge in [0.15, 0.2) is 0 Å². The van der Waals surface area contributed by atoms with E-state index in [0.29, 0.717) is 34.6 Å². The average Bonchev–Trinajstić information content (AvgIpc) is 3.06. The van der Waals surface area contributed by atoms with Gasteiger partial charge in [-0.1, -0.05) is 29.3 Å². The minimum absolute atomic E-state index is 0.0958. The van der Waals surface area contributed by atoms with Crippen LogP contribution in [-0.2, 0) is 13.1 Å². The van der Waals surface area contributed by atoms with Crippen molar-refractivity contribution in [3.05, 3.63) is 45.5 Å². The van der Waals surface area contributed by atoms with E-state index in [2.05, 4.69) is 20.1 Å². The molecule has 1 N–H and O–H groups in total. The number of nitrogens with zero attached hydrogens (tertiary/aromatic N) is 4. The molecule has 1 aromatic heterocycles. The Balaban J connectivity index is 1.47. The van der Waals surface area contributed by atoms with Gasteiger partial charge < -0.3 is 14.8 Å². The molecule has 8 heteroatoms. The summed E-state index contributed by atoms with van der Waals surface area (Å²) in [5.41, 5.74) is 0.398. The Morgan fingerprint density at radius 3 is 2.56 bits per heavy atom. The molecule has 0 saturated carbocycles. The summed E-state index contributed by atoms with van der Waals surface area (Å²) < 4.78 is 2.23. The van der Waals surface area contributed by atoms with Gasteiger partial charge in [-0.05, 0) is 25.0 Å². The van der Waals surface area contributed by atoms with Crippen molar-refractivity contribution >= 4 is 29.1 Å². The first kappa shape index (κ1) is 16.8. The van der Waals surface area contributed by atoms with Crippen LogP contribution in [0.4, 0.5) is 0 Å². The quantitative estimate of drug-likeness (QED) is 0.870. The highest BCUT2D eigenvalue weighted by Gasteiger charge is 2.30. The van der Waals surface area contributed by atoms with Gasteiger partial charge in [0.25, 0.3) is 5.91 Å². The molecule has 1 saturated heterocycles. The number of fused-ring (bicyclic) bond motifs is 1. The predicted octanol–water partition coefficient (Wildman–Crippen LogP) is 2.71. The van der Waals surface area contributed by atoms with Gasteiger partial charge in [0.1, 0.15) is 11.6 Å². The maximum absolute atomic E-state index is 12.8. The molecule has 1 aromatic carbocycles. The molecule has 0 unspecified atom stereocenters. The van der Waals surface area contributed by atoms with E-state index in [4.69, 9.17) is 23.2 Å². The van der Waals surface area contributed by atoms with E-state index in [-0.39, 0.29) is 5.91 Å². The molecule has 25 heavy (non-hydrogen) atoms. The highest BCUT2D eigenvalue weighted by atomic mass is 35.5. The van der Waals surface area contributed by atoms with Crippen molar-refractivity contribution in [1.29, 1.82) is 0 Å². The maximum Gasteiger partial charge on any atom is 0.256 e. The molecule has 6 nitrogen and oxygen atoms in total. The normalized spacial score (nSPS) is 18.2. The summed E-state index contributed by atoms with van der Waals surface area (Å²) in [7, 11) is 0. The van der Waals surface area contributed by atoms with E-state index in [1.54, 1.807) is 18.2 Å². The zero-order valence-corrected chi connectivity index (χ0v) is 15.2. The lowest BCUT2D eigenvalue weighted by Crippen LogP contribution is -2.39.